The molecule has 36 heavy (non-hydrogen) atoms. The quantitative estimate of drug-likeness (QED) is 0.302. The van der Waals surface area contributed by atoms with Crippen LogP contribution in [0.1, 0.15) is 35.6 Å². The normalized spacial score (nSPS) is 25.6. The molecular weight excluding hydrogens is 532 g/mol. The lowest BCUT2D eigenvalue weighted by molar-refractivity contribution is -0.122. The van der Waals surface area contributed by atoms with Crippen LogP contribution in [0.4, 0.5) is 5.69 Å². The van der Waals surface area contributed by atoms with Gasteiger partial charge >= 0.3 is 4.87 Å². The summed E-state index contributed by atoms with van der Waals surface area (Å²) >= 11 is 14.6. The standard InChI is InChI=1S/C26H25ClN4O2S3/c27-17-10-8-14(9-11-17)20-21-15-6-7-16(12-15)22(21)35-24-23(20)36-26(33)31(24)13-19(32)29-30-25(34)28-18-4-2-1-3-5-18/h1-5,8-11,15-16,20-22H,6-7,12-13H2,(H,29,32)(H2,28,30,34)/t15-,16-,20+,21+,22-/m0/s1. The van der Waals surface area contributed by atoms with Gasteiger partial charge in [-0.05, 0) is 79.1 Å². The number of nitrogens with one attached hydrogen (secondary N) is 3. The van der Waals surface area contributed by atoms with Crippen LogP contribution in [0.15, 0.2) is 64.4 Å². The van der Waals surface area contributed by atoms with E-state index < -0.39 is 0 Å². The van der Waals surface area contributed by atoms with Crippen molar-refractivity contribution in [3.63, 3.8) is 0 Å². The van der Waals surface area contributed by atoms with Crippen LogP contribution in [0.25, 0.3) is 0 Å². The molecule has 3 aliphatic rings. The molecule has 2 aliphatic carbocycles. The maximum Gasteiger partial charge on any atom is 0.308 e. The topological polar surface area (TPSA) is 75.2 Å². The van der Waals surface area contributed by atoms with Gasteiger partial charge < -0.3 is 5.32 Å². The summed E-state index contributed by atoms with van der Waals surface area (Å²) in [5, 5.41) is 5.41. The van der Waals surface area contributed by atoms with Gasteiger partial charge in [0.1, 0.15) is 6.54 Å². The van der Waals surface area contributed by atoms with Crippen molar-refractivity contribution in [2.45, 2.75) is 42.0 Å². The fourth-order valence-electron chi connectivity index (χ4n) is 6.12. The molecule has 1 aromatic heterocycles. The molecule has 2 fully saturated rings. The lowest BCUT2D eigenvalue weighted by Crippen LogP contribution is -2.45. The van der Waals surface area contributed by atoms with Crippen LogP contribution in [-0.4, -0.2) is 20.8 Å². The molecule has 10 heteroatoms. The van der Waals surface area contributed by atoms with Gasteiger partial charge in [-0.3, -0.25) is 25.0 Å². The average molecular weight is 557 g/mol. The Morgan fingerprint density at radius 2 is 1.81 bits per heavy atom. The molecular formula is C26H25ClN4O2S3. The minimum Gasteiger partial charge on any atom is -0.331 e. The van der Waals surface area contributed by atoms with Crippen molar-refractivity contribution in [2.75, 3.05) is 5.32 Å². The van der Waals surface area contributed by atoms with Crippen molar-refractivity contribution in [1.29, 1.82) is 0 Å². The zero-order valence-corrected chi connectivity index (χ0v) is 22.5. The van der Waals surface area contributed by atoms with E-state index in [-0.39, 0.29) is 28.4 Å². The Labute approximate surface area is 227 Å². The Morgan fingerprint density at radius 1 is 1.06 bits per heavy atom. The number of aromatic nitrogens is 1. The fraction of sp³-hybridized carbons (Fsp3) is 0.346. The van der Waals surface area contributed by atoms with Gasteiger partial charge in [0, 0.05) is 26.8 Å². The maximum atomic E-state index is 13.2. The number of para-hydroxylation sites is 1. The first-order valence-electron chi connectivity index (χ1n) is 12.0. The SMILES string of the molecule is O=C(Cn1c2c(sc1=O)[C@H](c1ccc(Cl)cc1)[C@H]1[C@H]3CC[C@@H](C3)[C@@H]1S2)NNC(=S)Nc1ccccc1. The molecule has 3 aromatic rings. The lowest BCUT2D eigenvalue weighted by atomic mass is 9.75. The molecule has 5 atom stereocenters. The zero-order valence-electron chi connectivity index (χ0n) is 19.3. The predicted molar refractivity (Wildman–Crippen MR) is 150 cm³/mol. The number of hydrogen-bond donors (Lipinski definition) is 3. The first kappa shape index (κ1) is 24.0. The molecule has 3 N–H and O–H groups in total. The number of hydrogen-bond acceptors (Lipinski definition) is 5. The number of hydrazine groups is 1. The molecule has 186 valence electrons. The van der Waals surface area contributed by atoms with Crippen molar-refractivity contribution in [2.24, 2.45) is 17.8 Å². The highest BCUT2D eigenvalue weighted by Gasteiger charge is 2.55. The van der Waals surface area contributed by atoms with Gasteiger partial charge in [0.25, 0.3) is 5.91 Å². The molecule has 2 saturated carbocycles. The van der Waals surface area contributed by atoms with Crippen molar-refractivity contribution in [3.8, 4) is 0 Å². The van der Waals surface area contributed by atoms with Crippen molar-refractivity contribution in [1.82, 2.24) is 15.4 Å². The monoisotopic (exact) mass is 556 g/mol. The average Bonchev–Trinajstić information content (AvgIpc) is 3.57. The number of fused-ring (bicyclic) bond motifs is 6. The molecule has 0 saturated heterocycles. The number of thioether (sulfide) groups is 1. The van der Waals surface area contributed by atoms with Gasteiger partial charge in [-0.1, -0.05) is 53.3 Å². The Hall–Kier alpha value is -2.33. The number of halogens is 1. The van der Waals surface area contributed by atoms with Crippen LogP contribution in [0.2, 0.25) is 5.02 Å². The van der Waals surface area contributed by atoms with E-state index in [1.807, 2.05) is 54.2 Å². The van der Waals surface area contributed by atoms with Crippen LogP contribution < -0.4 is 21.0 Å². The van der Waals surface area contributed by atoms with Gasteiger partial charge in [-0.15, -0.1) is 11.8 Å². The second-order valence-corrected chi connectivity index (χ2v) is 12.6. The minimum atomic E-state index is -0.325. The number of anilines is 1. The second-order valence-electron chi connectivity index (χ2n) is 9.64. The highest BCUT2D eigenvalue weighted by molar-refractivity contribution is 8.00. The largest absolute Gasteiger partial charge is 0.331 e. The van der Waals surface area contributed by atoms with Gasteiger partial charge in [0.15, 0.2) is 5.11 Å². The smallest absolute Gasteiger partial charge is 0.308 e. The Morgan fingerprint density at radius 3 is 2.58 bits per heavy atom. The van der Waals surface area contributed by atoms with E-state index in [1.54, 1.807) is 4.57 Å². The summed E-state index contributed by atoms with van der Waals surface area (Å²) in [7, 11) is 0. The maximum absolute atomic E-state index is 13.2. The summed E-state index contributed by atoms with van der Waals surface area (Å²) in [5.41, 5.74) is 7.38. The van der Waals surface area contributed by atoms with Crippen LogP contribution in [0.3, 0.4) is 0 Å². The highest BCUT2D eigenvalue weighted by Crippen LogP contribution is 2.64. The summed E-state index contributed by atoms with van der Waals surface area (Å²) < 4.78 is 1.64. The number of rotatable bonds is 4. The van der Waals surface area contributed by atoms with Crippen molar-refractivity contribution < 1.29 is 4.79 Å². The molecule has 6 rings (SSSR count). The third-order valence-electron chi connectivity index (χ3n) is 7.57. The molecule has 2 heterocycles. The molecule has 2 aromatic carbocycles. The summed E-state index contributed by atoms with van der Waals surface area (Å²) in [6, 6.07) is 17.5. The van der Waals surface area contributed by atoms with Gasteiger partial charge in [0.05, 0.1) is 5.03 Å². The van der Waals surface area contributed by atoms with Crippen molar-refractivity contribution in [3.05, 3.63) is 79.7 Å². The molecule has 2 bridgehead atoms. The number of nitrogens with zero attached hydrogens (tertiary/aromatic N) is 1. The molecule has 6 nitrogen and oxygen atoms in total. The third-order valence-corrected chi connectivity index (χ3v) is 10.9. The minimum absolute atomic E-state index is 0.0581. The van der Waals surface area contributed by atoms with E-state index in [4.69, 9.17) is 23.8 Å². The Balaban J connectivity index is 1.23. The van der Waals surface area contributed by atoms with E-state index in [9.17, 15) is 9.59 Å². The van der Waals surface area contributed by atoms with Crippen LogP contribution >= 0.6 is 46.9 Å². The van der Waals surface area contributed by atoms with E-state index in [2.05, 4.69) is 28.3 Å². The Kier molecular flexibility index (Phi) is 6.58. The van der Waals surface area contributed by atoms with Gasteiger partial charge in [-0.25, -0.2) is 0 Å². The number of thiazole rings is 1. The molecule has 0 radical (unpaired) electrons. The summed E-state index contributed by atoms with van der Waals surface area (Å²) in [5.74, 6) is 1.73. The van der Waals surface area contributed by atoms with Crippen LogP contribution in [0, 0.1) is 17.8 Å². The van der Waals surface area contributed by atoms with Crippen LogP contribution in [-0.2, 0) is 11.3 Å². The fourth-order valence-corrected chi connectivity index (χ4v) is 9.57. The Bertz CT molecular complexity index is 1360. The molecule has 0 spiro atoms. The van der Waals surface area contributed by atoms with E-state index in [1.165, 1.54) is 36.2 Å². The number of carbonyl (C=O) groups excluding carboxylic acids is 1. The number of carbonyl (C=O) groups is 1. The highest BCUT2D eigenvalue weighted by atomic mass is 35.5. The van der Waals surface area contributed by atoms with Crippen LogP contribution in [0.5, 0.6) is 0 Å². The molecule has 1 amide bonds. The van der Waals surface area contributed by atoms with E-state index in [0.29, 0.717) is 28.0 Å². The first-order valence-corrected chi connectivity index (χ1v) is 14.5. The van der Waals surface area contributed by atoms with E-state index >= 15 is 0 Å². The van der Waals surface area contributed by atoms with E-state index in [0.717, 1.165) is 15.6 Å². The van der Waals surface area contributed by atoms with Crippen molar-refractivity contribution >= 4 is 63.6 Å². The molecule has 0 unspecified atom stereocenters. The first-order chi connectivity index (χ1) is 17.5. The lowest BCUT2D eigenvalue weighted by Gasteiger charge is -2.40. The van der Waals surface area contributed by atoms with Gasteiger partial charge in [-0.2, -0.15) is 0 Å². The number of benzene rings is 2. The van der Waals surface area contributed by atoms with Gasteiger partial charge in [0.2, 0.25) is 0 Å². The summed E-state index contributed by atoms with van der Waals surface area (Å²) in [6.45, 7) is -0.0581. The second kappa shape index (κ2) is 9.85. The number of thiocarbonyl (C=S) groups is 1. The summed E-state index contributed by atoms with van der Waals surface area (Å²) in [4.78, 5) is 27.0. The molecule has 1 aliphatic heterocycles. The summed E-state index contributed by atoms with van der Waals surface area (Å²) in [6.07, 6.45) is 3.79. The zero-order chi connectivity index (χ0) is 24.8. The third kappa shape index (κ3) is 4.47. The number of amides is 1. The predicted octanol–water partition coefficient (Wildman–Crippen LogP) is 5.23.